The van der Waals surface area contributed by atoms with E-state index in [4.69, 9.17) is 4.42 Å². The number of rotatable bonds is 6. The highest BCUT2D eigenvalue weighted by atomic mass is 35.5. The van der Waals surface area contributed by atoms with Crippen LogP contribution in [0.2, 0.25) is 0 Å². The third-order valence-corrected chi connectivity index (χ3v) is 4.88. The van der Waals surface area contributed by atoms with Gasteiger partial charge in [-0.15, -0.1) is 24.8 Å². The van der Waals surface area contributed by atoms with Gasteiger partial charge >= 0.3 is 0 Å². The Labute approximate surface area is 173 Å². The van der Waals surface area contributed by atoms with Crippen LogP contribution < -0.4 is 5.32 Å². The van der Waals surface area contributed by atoms with Gasteiger partial charge in [0, 0.05) is 18.7 Å². The predicted molar refractivity (Wildman–Crippen MR) is 113 cm³/mol. The van der Waals surface area contributed by atoms with E-state index in [1.807, 2.05) is 42.2 Å². The van der Waals surface area contributed by atoms with E-state index in [0.29, 0.717) is 18.2 Å². The Balaban J connectivity index is 0.00000182. The molecule has 0 bridgehead atoms. The van der Waals surface area contributed by atoms with Crippen molar-refractivity contribution in [1.29, 1.82) is 0 Å². The summed E-state index contributed by atoms with van der Waals surface area (Å²) >= 11 is 0. The monoisotopic (exact) mass is 413 g/mol. The maximum Gasteiger partial charge on any atom is 0.228 e. The first-order valence-electron chi connectivity index (χ1n) is 9.17. The van der Waals surface area contributed by atoms with Crippen LogP contribution in [-0.2, 0) is 11.2 Å². The first-order valence-corrected chi connectivity index (χ1v) is 9.17. The van der Waals surface area contributed by atoms with Crippen molar-refractivity contribution < 1.29 is 9.21 Å². The van der Waals surface area contributed by atoms with Crippen LogP contribution in [0.5, 0.6) is 0 Å². The van der Waals surface area contributed by atoms with Crippen LogP contribution in [0.3, 0.4) is 0 Å². The van der Waals surface area contributed by atoms with Crippen LogP contribution in [0.4, 0.5) is 0 Å². The number of halogens is 2. The number of aromatic nitrogens is 1. The van der Waals surface area contributed by atoms with Gasteiger partial charge in [0.05, 0.1) is 12.1 Å². The van der Waals surface area contributed by atoms with Gasteiger partial charge in [-0.1, -0.05) is 25.1 Å². The molecule has 1 fully saturated rings. The second-order valence-corrected chi connectivity index (χ2v) is 6.70. The summed E-state index contributed by atoms with van der Waals surface area (Å²) in [5.41, 5.74) is 1.69. The number of oxazole rings is 1. The van der Waals surface area contributed by atoms with Gasteiger partial charge in [-0.25, -0.2) is 4.98 Å². The number of likely N-dealkylation sites (tertiary alicyclic amines) is 1. The second-order valence-electron chi connectivity index (χ2n) is 6.70. The third kappa shape index (κ3) is 6.23. The number of carbonyl (C=O) groups is 1. The highest BCUT2D eigenvalue weighted by Gasteiger charge is 2.24. The summed E-state index contributed by atoms with van der Waals surface area (Å²) < 4.78 is 5.76. The van der Waals surface area contributed by atoms with Gasteiger partial charge in [-0.3, -0.25) is 4.79 Å². The van der Waals surface area contributed by atoms with E-state index in [9.17, 15) is 4.79 Å². The van der Waals surface area contributed by atoms with Gasteiger partial charge < -0.3 is 14.6 Å². The van der Waals surface area contributed by atoms with Gasteiger partial charge in [0.15, 0.2) is 0 Å². The minimum absolute atomic E-state index is 0. The summed E-state index contributed by atoms with van der Waals surface area (Å²) in [6.07, 6.45) is 2.47. The summed E-state index contributed by atoms with van der Waals surface area (Å²) in [6.45, 7) is 7.76. The zero-order valence-corrected chi connectivity index (χ0v) is 17.6. The van der Waals surface area contributed by atoms with Gasteiger partial charge in [0.2, 0.25) is 11.8 Å². The van der Waals surface area contributed by atoms with Gasteiger partial charge in [0.25, 0.3) is 0 Å². The Morgan fingerprint density at radius 1 is 1.22 bits per heavy atom. The molecule has 0 atom stereocenters. The van der Waals surface area contributed by atoms with Crippen LogP contribution in [0, 0.1) is 12.8 Å². The second kappa shape index (κ2) is 11.3. The maximum absolute atomic E-state index is 12.6. The van der Waals surface area contributed by atoms with E-state index in [-0.39, 0.29) is 30.7 Å². The van der Waals surface area contributed by atoms with Gasteiger partial charge in [-0.05, 0) is 50.9 Å². The lowest BCUT2D eigenvalue weighted by Crippen LogP contribution is -2.41. The van der Waals surface area contributed by atoms with Crippen molar-refractivity contribution in [1.82, 2.24) is 15.2 Å². The van der Waals surface area contributed by atoms with E-state index in [1.54, 1.807) is 0 Å². The Kier molecular flexibility index (Phi) is 9.84. The molecule has 3 rings (SSSR count). The summed E-state index contributed by atoms with van der Waals surface area (Å²) in [4.78, 5) is 19.1. The lowest BCUT2D eigenvalue weighted by molar-refractivity contribution is -0.131. The number of carbonyl (C=O) groups excluding carboxylic acids is 1. The molecule has 1 amide bonds. The molecule has 1 aliphatic rings. The standard InChI is InChI=1S/C20H27N3O2.2ClH/c1-3-21-14-16-9-11-23(12-10-16)19(24)13-18-15(2)25-20(22-18)17-7-5-4-6-8-17;;/h4-8,16,21H,3,9-14H2,1-2H3;2*1H. The number of nitrogens with one attached hydrogen (secondary N) is 1. The number of benzene rings is 1. The lowest BCUT2D eigenvalue weighted by atomic mass is 9.96. The summed E-state index contributed by atoms with van der Waals surface area (Å²) in [5.74, 6) is 2.15. The molecule has 7 heteroatoms. The Hall–Kier alpha value is -1.56. The molecule has 2 aromatic rings. The number of piperidine rings is 1. The molecule has 0 saturated carbocycles. The molecule has 27 heavy (non-hydrogen) atoms. The number of hydrogen-bond acceptors (Lipinski definition) is 4. The summed E-state index contributed by atoms with van der Waals surface area (Å²) in [7, 11) is 0. The Morgan fingerprint density at radius 2 is 1.89 bits per heavy atom. The minimum atomic E-state index is 0. The van der Waals surface area contributed by atoms with E-state index in [0.717, 1.165) is 56.0 Å². The predicted octanol–water partition coefficient (Wildman–Crippen LogP) is 3.88. The van der Waals surface area contributed by atoms with Crippen molar-refractivity contribution in [2.75, 3.05) is 26.2 Å². The number of nitrogens with zero attached hydrogens (tertiary/aromatic N) is 2. The van der Waals surface area contributed by atoms with Crippen molar-refractivity contribution in [3.8, 4) is 11.5 Å². The van der Waals surface area contributed by atoms with Crippen LogP contribution in [-0.4, -0.2) is 42.0 Å². The molecule has 1 aromatic heterocycles. The van der Waals surface area contributed by atoms with Crippen molar-refractivity contribution in [2.45, 2.75) is 33.1 Å². The Bertz CT molecular complexity index is 699. The number of amides is 1. The Morgan fingerprint density at radius 3 is 2.52 bits per heavy atom. The van der Waals surface area contributed by atoms with Crippen molar-refractivity contribution in [3.05, 3.63) is 41.8 Å². The molecule has 150 valence electrons. The molecule has 5 nitrogen and oxygen atoms in total. The van der Waals surface area contributed by atoms with Gasteiger partial charge in [-0.2, -0.15) is 0 Å². The third-order valence-electron chi connectivity index (χ3n) is 4.88. The largest absolute Gasteiger partial charge is 0.441 e. The maximum atomic E-state index is 12.6. The van der Waals surface area contributed by atoms with Crippen LogP contribution in [0.15, 0.2) is 34.7 Å². The SMILES string of the molecule is CCNCC1CCN(C(=O)Cc2nc(-c3ccccc3)oc2C)CC1.Cl.Cl. The normalized spacial score (nSPS) is 14.4. The smallest absolute Gasteiger partial charge is 0.228 e. The molecule has 0 unspecified atom stereocenters. The minimum Gasteiger partial charge on any atom is -0.441 e. The fraction of sp³-hybridized carbons (Fsp3) is 0.500. The fourth-order valence-corrected chi connectivity index (χ4v) is 3.29. The molecule has 1 aromatic carbocycles. The van der Waals surface area contributed by atoms with Crippen LogP contribution in [0.25, 0.3) is 11.5 Å². The van der Waals surface area contributed by atoms with Gasteiger partial charge in [0.1, 0.15) is 5.76 Å². The lowest BCUT2D eigenvalue weighted by Gasteiger charge is -2.32. The van der Waals surface area contributed by atoms with Crippen molar-refractivity contribution >= 4 is 30.7 Å². The quantitative estimate of drug-likeness (QED) is 0.780. The highest BCUT2D eigenvalue weighted by molar-refractivity contribution is 5.85. The number of hydrogen-bond donors (Lipinski definition) is 1. The van der Waals surface area contributed by atoms with E-state index in [1.165, 1.54) is 0 Å². The molecule has 2 heterocycles. The van der Waals surface area contributed by atoms with E-state index < -0.39 is 0 Å². The molecule has 1 N–H and O–H groups in total. The summed E-state index contributed by atoms with van der Waals surface area (Å²) in [6, 6.07) is 9.80. The zero-order valence-electron chi connectivity index (χ0n) is 15.9. The average molecular weight is 414 g/mol. The number of aryl methyl sites for hydroxylation is 1. The molecular formula is C20H29Cl2N3O2. The van der Waals surface area contributed by atoms with Crippen LogP contribution >= 0.6 is 24.8 Å². The first-order chi connectivity index (χ1) is 12.2. The molecule has 0 radical (unpaired) electrons. The average Bonchev–Trinajstić information content (AvgIpc) is 3.01. The zero-order chi connectivity index (χ0) is 17.6. The first kappa shape index (κ1) is 23.5. The molecule has 0 spiro atoms. The van der Waals surface area contributed by atoms with E-state index >= 15 is 0 Å². The molecular weight excluding hydrogens is 385 g/mol. The molecule has 0 aliphatic carbocycles. The highest BCUT2D eigenvalue weighted by Crippen LogP contribution is 2.23. The van der Waals surface area contributed by atoms with E-state index in [2.05, 4.69) is 17.2 Å². The summed E-state index contributed by atoms with van der Waals surface area (Å²) in [5, 5.41) is 3.40. The van der Waals surface area contributed by atoms with Crippen molar-refractivity contribution in [2.24, 2.45) is 5.92 Å². The topological polar surface area (TPSA) is 58.4 Å². The molecule has 1 saturated heterocycles. The van der Waals surface area contributed by atoms with Crippen LogP contribution in [0.1, 0.15) is 31.2 Å². The fourth-order valence-electron chi connectivity index (χ4n) is 3.29. The van der Waals surface area contributed by atoms with Crippen molar-refractivity contribution in [3.63, 3.8) is 0 Å². The molecule has 1 aliphatic heterocycles.